The lowest BCUT2D eigenvalue weighted by molar-refractivity contribution is 0.103. The molecule has 0 saturated carbocycles. The lowest BCUT2D eigenvalue weighted by Gasteiger charge is -1.96. The van der Waals surface area contributed by atoms with Gasteiger partial charge >= 0.3 is 0 Å². The largest absolute Gasteiger partial charge is 0.331 e. The summed E-state index contributed by atoms with van der Waals surface area (Å²) in [6, 6.07) is 8.00. The van der Waals surface area contributed by atoms with Crippen molar-refractivity contribution < 1.29 is 4.79 Å². The molecular formula is C14H14N2O. The summed E-state index contributed by atoms with van der Waals surface area (Å²) in [5.41, 5.74) is 2.22. The predicted molar refractivity (Wildman–Crippen MR) is 67.8 cm³/mol. The Hall–Kier alpha value is -2.16. The number of allylic oxidation sites excluding steroid dienone is 1. The van der Waals surface area contributed by atoms with Crippen molar-refractivity contribution in [2.45, 2.75) is 6.92 Å². The molecule has 3 heteroatoms. The molecule has 1 aromatic heterocycles. The molecule has 0 amide bonds. The van der Waals surface area contributed by atoms with Gasteiger partial charge in [0.2, 0.25) is 5.78 Å². The van der Waals surface area contributed by atoms with Crippen LogP contribution in [0.1, 0.15) is 21.7 Å². The Morgan fingerprint density at radius 3 is 2.59 bits per heavy atom. The first-order valence-corrected chi connectivity index (χ1v) is 5.43. The van der Waals surface area contributed by atoms with Gasteiger partial charge in [-0.2, -0.15) is 0 Å². The quantitative estimate of drug-likeness (QED) is 0.595. The molecule has 1 aromatic carbocycles. The molecule has 0 saturated heterocycles. The maximum atomic E-state index is 11.8. The third kappa shape index (κ3) is 2.69. The molecule has 0 atom stereocenters. The molecule has 0 spiro atoms. The number of imidazole rings is 1. The molecule has 3 nitrogen and oxygen atoms in total. The van der Waals surface area contributed by atoms with Crippen LogP contribution in [0.15, 0.2) is 42.7 Å². The number of hydrogen-bond donors (Lipinski definition) is 0. The summed E-state index contributed by atoms with van der Waals surface area (Å²) in [5.74, 6) is 0.367. The maximum Gasteiger partial charge on any atom is 0.221 e. The van der Waals surface area contributed by atoms with Gasteiger partial charge in [-0.3, -0.25) is 4.79 Å². The van der Waals surface area contributed by atoms with E-state index in [0.717, 1.165) is 5.56 Å². The fraction of sp³-hybridized carbons (Fsp3) is 0.143. The van der Waals surface area contributed by atoms with Crippen molar-refractivity contribution in [1.82, 2.24) is 9.55 Å². The van der Waals surface area contributed by atoms with Crippen LogP contribution in [0.3, 0.4) is 0 Å². The van der Waals surface area contributed by atoms with Crippen molar-refractivity contribution in [2.24, 2.45) is 7.05 Å². The highest BCUT2D eigenvalue weighted by atomic mass is 16.1. The van der Waals surface area contributed by atoms with Gasteiger partial charge < -0.3 is 4.57 Å². The molecule has 0 unspecified atom stereocenters. The van der Waals surface area contributed by atoms with Crippen LogP contribution in [0.4, 0.5) is 0 Å². The molecule has 0 aliphatic heterocycles. The van der Waals surface area contributed by atoms with Gasteiger partial charge in [-0.1, -0.05) is 35.9 Å². The number of benzene rings is 1. The molecule has 0 N–H and O–H groups in total. The Bertz CT molecular complexity index is 550. The van der Waals surface area contributed by atoms with Crippen molar-refractivity contribution in [2.75, 3.05) is 0 Å². The topological polar surface area (TPSA) is 34.9 Å². The summed E-state index contributed by atoms with van der Waals surface area (Å²) in [7, 11) is 1.81. The maximum absolute atomic E-state index is 11.8. The first-order chi connectivity index (χ1) is 8.16. The van der Waals surface area contributed by atoms with Crippen LogP contribution in [0.25, 0.3) is 6.08 Å². The van der Waals surface area contributed by atoms with Crippen LogP contribution in [-0.4, -0.2) is 15.3 Å². The minimum absolute atomic E-state index is 0.0851. The highest BCUT2D eigenvalue weighted by Gasteiger charge is 2.06. The zero-order chi connectivity index (χ0) is 12.3. The van der Waals surface area contributed by atoms with Crippen LogP contribution in [0.2, 0.25) is 0 Å². The van der Waals surface area contributed by atoms with E-state index in [-0.39, 0.29) is 5.78 Å². The van der Waals surface area contributed by atoms with E-state index in [0.29, 0.717) is 5.82 Å². The number of aromatic nitrogens is 2. The third-order valence-electron chi connectivity index (χ3n) is 2.55. The second-order valence-corrected chi connectivity index (χ2v) is 3.97. The summed E-state index contributed by atoms with van der Waals surface area (Å²) in [6.07, 6.45) is 6.73. The van der Waals surface area contributed by atoms with E-state index in [1.54, 1.807) is 36.2 Å². The molecule has 2 rings (SSSR count). The van der Waals surface area contributed by atoms with Gasteiger partial charge in [0.1, 0.15) is 0 Å². The Balaban J connectivity index is 2.14. The second kappa shape index (κ2) is 4.78. The number of hydrogen-bond acceptors (Lipinski definition) is 2. The minimum Gasteiger partial charge on any atom is -0.331 e. The standard InChI is InChI=1S/C14H14N2O/c1-11-3-5-12(6-4-11)7-8-13(17)14-15-9-10-16(14)2/h3-10H,1-2H3/b8-7+. The zero-order valence-corrected chi connectivity index (χ0v) is 9.92. The smallest absolute Gasteiger partial charge is 0.221 e. The molecule has 0 fully saturated rings. The average Bonchev–Trinajstić information content (AvgIpc) is 2.74. The highest BCUT2D eigenvalue weighted by Crippen LogP contribution is 2.06. The van der Waals surface area contributed by atoms with E-state index in [1.165, 1.54) is 5.56 Å². The van der Waals surface area contributed by atoms with Crippen molar-refractivity contribution in [1.29, 1.82) is 0 Å². The SMILES string of the molecule is Cc1ccc(/C=C/C(=O)c2nccn2C)cc1. The molecule has 0 aliphatic carbocycles. The van der Waals surface area contributed by atoms with Crippen LogP contribution in [-0.2, 0) is 7.05 Å². The van der Waals surface area contributed by atoms with Crippen molar-refractivity contribution in [3.8, 4) is 0 Å². The number of aryl methyl sites for hydroxylation is 2. The Labute approximate surface area is 100 Å². The predicted octanol–water partition coefficient (Wildman–Crippen LogP) is 2.62. The lowest BCUT2D eigenvalue weighted by atomic mass is 10.1. The molecule has 0 aliphatic rings. The number of carbonyl (C=O) groups is 1. The van der Waals surface area contributed by atoms with Gasteiger partial charge in [-0.25, -0.2) is 4.98 Å². The molecule has 0 radical (unpaired) electrons. The lowest BCUT2D eigenvalue weighted by Crippen LogP contribution is -2.03. The molecular weight excluding hydrogens is 212 g/mol. The average molecular weight is 226 g/mol. The Morgan fingerprint density at radius 1 is 1.29 bits per heavy atom. The van der Waals surface area contributed by atoms with Gasteiger partial charge in [0.25, 0.3) is 0 Å². The minimum atomic E-state index is -0.0851. The molecule has 86 valence electrons. The summed E-state index contributed by atoms with van der Waals surface area (Å²) >= 11 is 0. The first kappa shape index (κ1) is 11.3. The number of carbonyl (C=O) groups excluding carboxylic acids is 1. The van der Waals surface area contributed by atoms with E-state index in [4.69, 9.17) is 0 Å². The van der Waals surface area contributed by atoms with E-state index in [9.17, 15) is 4.79 Å². The van der Waals surface area contributed by atoms with Gasteiger partial charge in [0.05, 0.1) is 0 Å². The van der Waals surface area contributed by atoms with Gasteiger partial charge in [0.15, 0.2) is 5.82 Å². The van der Waals surface area contributed by atoms with Crippen LogP contribution in [0, 0.1) is 6.92 Å². The van der Waals surface area contributed by atoms with Crippen molar-refractivity contribution >= 4 is 11.9 Å². The molecule has 17 heavy (non-hydrogen) atoms. The normalized spacial score (nSPS) is 10.9. The van der Waals surface area contributed by atoms with Crippen molar-refractivity contribution in [3.05, 3.63) is 59.7 Å². The zero-order valence-electron chi connectivity index (χ0n) is 9.92. The summed E-state index contributed by atoms with van der Waals surface area (Å²) < 4.78 is 1.71. The monoisotopic (exact) mass is 226 g/mol. The van der Waals surface area contributed by atoms with E-state index in [1.807, 2.05) is 31.2 Å². The molecule has 2 aromatic rings. The highest BCUT2D eigenvalue weighted by molar-refractivity contribution is 6.04. The van der Waals surface area contributed by atoms with Crippen LogP contribution >= 0.6 is 0 Å². The Morgan fingerprint density at radius 2 is 2.00 bits per heavy atom. The summed E-state index contributed by atoms with van der Waals surface area (Å²) in [6.45, 7) is 2.03. The fourth-order valence-corrected chi connectivity index (χ4v) is 1.53. The third-order valence-corrected chi connectivity index (χ3v) is 2.55. The summed E-state index contributed by atoms with van der Waals surface area (Å²) in [5, 5.41) is 0. The van der Waals surface area contributed by atoms with Crippen LogP contribution in [0.5, 0.6) is 0 Å². The molecule has 1 heterocycles. The van der Waals surface area contributed by atoms with E-state index in [2.05, 4.69) is 4.98 Å². The number of ketones is 1. The van der Waals surface area contributed by atoms with Gasteiger partial charge in [-0.15, -0.1) is 0 Å². The van der Waals surface area contributed by atoms with Gasteiger partial charge in [0, 0.05) is 19.4 Å². The van der Waals surface area contributed by atoms with Crippen molar-refractivity contribution in [3.63, 3.8) is 0 Å². The van der Waals surface area contributed by atoms with Gasteiger partial charge in [-0.05, 0) is 18.6 Å². The molecule has 0 bridgehead atoms. The van der Waals surface area contributed by atoms with E-state index < -0.39 is 0 Å². The van der Waals surface area contributed by atoms with Crippen LogP contribution < -0.4 is 0 Å². The second-order valence-electron chi connectivity index (χ2n) is 3.97. The fourth-order valence-electron chi connectivity index (χ4n) is 1.53. The summed E-state index contributed by atoms with van der Waals surface area (Å²) in [4.78, 5) is 15.8. The number of nitrogens with zero attached hydrogens (tertiary/aromatic N) is 2. The van der Waals surface area contributed by atoms with E-state index >= 15 is 0 Å². The first-order valence-electron chi connectivity index (χ1n) is 5.43. The number of rotatable bonds is 3. The Kier molecular flexibility index (Phi) is 3.19.